The summed E-state index contributed by atoms with van der Waals surface area (Å²) < 4.78 is 27.5. The minimum atomic E-state index is -2.61. The lowest BCUT2D eigenvalue weighted by atomic mass is 9.94. The van der Waals surface area contributed by atoms with Crippen molar-refractivity contribution in [2.45, 2.75) is 25.2 Å². The van der Waals surface area contributed by atoms with Crippen LogP contribution < -0.4 is 0 Å². The van der Waals surface area contributed by atoms with Gasteiger partial charge in [0.05, 0.1) is 5.69 Å². The summed E-state index contributed by atoms with van der Waals surface area (Å²) in [6, 6.07) is 5.46. The maximum atomic E-state index is 13.0. The molecule has 0 saturated heterocycles. The summed E-state index contributed by atoms with van der Waals surface area (Å²) in [7, 11) is 0. The molecule has 3 aromatic rings. The van der Waals surface area contributed by atoms with E-state index in [-0.39, 0.29) is 17.4 Å². The largest absolute Gasteiger partial charge is 0.362 e. The number of nitrogens with one attached hydrogen (secondary N) is 1. The number of alkyl halides is 2. The van der Waals surface area contributed by atoms with E-state index in [0.29, 0.717) is 5.69 Å². The lowest BCUT2D eigenvalue weighted by molar-refractivity contribution is 0.146. The van der Waals surface area contributed by atoms with Crippen LogP contribution in [0.5, 0.6) is 0 Å². The third-order valence-corrected chi connectivity index (χ3v) is 3.73. The van der Waals surface area contributed by atoms with Crippen LogP contribution in [0.4, 0.5) is 8.78 Å². The molecule has 20 heavy (non-hydrogen) atoms. The first kappa shape index (κ1) is 11.5. The van der Waals surface area contributed by atoms with Crippen molar-refractivity contribution in [2.24, 2.45) is 0 Å². The second kappa shape index (κ2) is 4.09. The maximum Gasteiger partial charge on any atom is 0.280 e. The highest BCUT2D eigenvalue weighted by molar-refractivity contribution is 5.37. The van der Waals surface area contributed by atoms with Crippen LogP contribution in [0, 0.1) is 0 Å². The van der Waals surface area contributed by atoms with Gasteiger partial charge in [-0.3, -0.25) is 0 Å². The molecule has 0 amide bonds. The van der Waals surface area contributed by atoms with Crippen molar-refractivity contribution >= 4 is 5.78 Å². The Bertz CT molecular complexity index is 776. The van der Waals surface area contributed by atoms with E-state index in [0.717, 1.165) is 18.5 Å². The first-order chi connectivity index (χ1) is 9.72. The molecular formula is C13H11F2N5. The van der Waals surface area contributed by atoms with Gasteiger partial charge in [-0.2, -0.15) is 10.1 Å². The first-order valence-corrected chi connectivity index (χ1v) is 6.39. The lowest BCUT2D eigenvalue weighted by Crippen LogP contribution is -2.14. The van der Waals surface area contributed by atoms with Gasteiger partial charge in [0, 0.05) is 17.3 Å². The highest BCUT2D eigenvalue weighted by atomic mass is 19.3. The smallest absolute Gasteiger partial charge is 0.280 e. The van der Waals surface area contributed by atoms with E-state index in [1.54, 1.807) is 4.52 Å². The number of aryl methyl sites for hydroxylation is 1. The fourth-order valence-electron chi connectivity index (χ4n) is 2.78. The summed E-state index contributed by atoms with van der Waals surface area (Å²) in [4.78, 5) is 11.1. The summed E-state index contributed by atoms with van der Waals surface area (Å²) in [6.07, 6.45) is 0.488. The summed E-state index contributed by atoms with van der Waals surface area (Å²) in [5.74, 6) is 0.234. The predicted octanol–water partition coefficient (Wildman–Crippen LogP) is 2.47. The van der Waals surface area contributed by atoms with Crippen molar-refractivity contribution < 1.29 is 8.78 Å². The van der Waals surface area contributed by atoms with E-state index in [9.17, 15) is 8.78 Å². The summed E-state index contributed by atoms with van der Waals surface area (Å²) in [6.45, 7) is 0. The Morgan fingerprint density at radius 2 is 2.25 bits per heavy atom. The van der Waals surface area contributed by atoms with Crippen LogP contribution in [-0.2, 0) is 6.42 Å². The van der Waals surface area contributed by atoms with Crippen molar-refractivity contribution in [3.05, 3.63) is 47.3 Å². The average molecular weight is 275 g/mol. The van der Waals surface area contributed by atoms with Crippen LogP contribution >= 0.6 is 0 Å². The van der Waals surface area contributed by atoms with Crippen LogP contribution in [0.15, 0.2) is 24.5 Å². The van der Waals surface area contributed by atoms with E-state index < -0.39 is 6.43 Å². The molecule has 0 aliphatic carbocycles. The van der Waals surface area contributed by atoms with Crippen molar-refractivity contribution in [1.82, 2.24) is 24.6 Å². The number of hydrogen-bond donors (Lipinski definition) is 1. The fraction of sp³-hybridized carbons (Fsp3) is 0.308. The monoisotopic (exact) mass is 275 g/mol. The number of rotatable bonds is 2. The van der Waals surface area contributed by atoms with Crippen LogP contribution in [-0.4, -0.2) is 24.6 Å². The van der Waals surface area contributed by atoms with E-state index in [2.05, 4.69) is 20.1 Å². The van der Waals surface area contributed by atoms with Gasteiger partial charge in [0.15, 0.2) is 0 Å². The number of fused-ring (bicyclic) bond motifs is 3. The van der Waals surface area contributed by atoms with Gasteiger partial charge in [-0.1, -0.05) is 0 Å². The van der Waals surface area contributed by atoms with Crippen molar-refractivity contribution in [2.75, 3.05) is 0 Å². The molecule has 1 aliphatic rings. The van der Waals surface area contributed by atoms with Crippen molar-refractivity contribution in [1.29, 1.82) is 0 Å². The van der Waals surface area contributed by atoms with Gasteiger partial charge in [0.25, 0.3) is 12.2 Å². The molecule has 4 heterocycles. The highest BCUT2D eigenvalue weighted by Crippen LogP contribution is 2.33. The Morgan fingerprint density at radius 1 is 1.35 bits per heavy atom. The van der Waals surface area contributed by atoms with Gasteiger partial charge in [-0.15, -0.1) is 0 Å². The molecule has 0 fully saturated rings. The van der Waals surface area contributed by atoms with E-state index in [1.165, 1.54) is 18.1 Å². The number of nitrogens with zero attached hydrogens (tertiary/aromatic N) is 4. The molecule has 5 nitrogen and oxygen atoms in total. The minimum absolute atomic E-state index is 0.0159. The molecule has 3 aromatic heterocycles. The number of aromatic amines is 1. The summed E-state index contributed by atoms with van der Waals surface area (Å²) in [5.41, 5.74) is 2.65. The topological polar surface area (TPSA) is 58.9 Å². The Kier molecular flexibility index (Phi) is 2.35. The molecule has 0 radical (unpaired) electrons. The molecule has 1 aliphatic heterocycles. The van der Waals surface area contributed by atoms with Crippen LogP contribution in [0.1, 0.15) is 41.5 Å². The molecule has 0 aromatic carbocycles. The zero-order valence-electron chi connectivity index (χ0n) is 10.4. The standard InChI is InChI=1S/C13H11F2N5/c14-12(15)10-5-11(20-13(19-10)16-6-17-20)8-3-1-7-2-4-9(8)18-7/h2,4-6,8,12,18H,1,3H2/t8-/m0/s1. The van der Waals surface area contributed by atoms with Gasteiger partial charge in [0.2, 0.25) is 0 Å². The average Bonchev–Trinajstić information content (AvgIpc) is 3.05. The van der Waals surface area contributed by atoms with Crippen LogP contribution in [0.3, 0.4) is 0 Å². The number of hydrogen-bond acceptors (Lipinski definition) is 3. The Morgan fingerprint density at radius 3 is 3.10 bits per heavy atom. The molecule has 0 spiro atoms. The second-order valence-corrected chi connectivity index (χ2v) is 4.91. The van der Waals surface area contributed by atoms with Gasteiger partial charge in [0.1, 0.15) is 12.0 Å². The Balaban J connectivity index is 1.93. The molecule has 7 heteroatoms. The zero-order valence-corrected chi connectivity index (χ0v) is 10.4. The van der Waals surface area contributed by atoms with E-state index in [4.69, 9.17) is 0 Å². The minimum Gasteiger partial charge on any atom is -0.362 e. The van der Waals surface area contributed by atoms with Gasteiger partial charge in [-0.25, -0.2) is 18.3 Å². The fourth-order valence-corrected chi connectivity index (χ4v) is 2.78. The molecule has 1 atom stereocenters. The van der Waals surface area contributed by atoms with E-state index >= 15 is 0 Å². The molecular weight excluding hydrogens is 264 g/mol. The third kappa shape index (κ3) is 1.62. The lowest BCUT2D eigenvalue weighted by Gasteiger charge is -2.20. The Labute approximate surface area is 112 Å². The van der Waals surface area contributed by atoms with Gasteiger partial charge >= 0.3 is 0 Å². The van der Waals surface area contributed by atoms with Crippen LogP contribution in [0.25, 0.3) is 5.78 Å². The predicted molar refractivity (Wildman–Crippen MR) is 66.7 cm³/mol. The second-order valence-electron chi connectivity index (χ2n) is 4.91. The van der Waals surface area contributed by atoms with Crippen molar-refractivity contribution in [3.8, 4) is 0 Å². The molecule has 0 saturated carbocycles. The number of H-pyrrole nitrogens is 1. The molecule has 102 valence electrons. The SMILES string of the molecule is FC(F)c1cc([C@H]2CCc3ccc2[nH]3)n2ncnc2n1. The normalized spacial score (nSPS) is 18.1. The number of halogens is 2. The summed E-state index contributed by atoms with van der Waals surface area (Å²) in [5, 5.41) is 4.10. The van der Waals surface area contributed by atoms with Crippen LogP contribution in [0.2, 0.25) is 0 Å². The molecule has 4 rings (SSSR count). The zero-order chi connectivity index (χ0) is 13.7. The third-order valence-electron chi connectivity index (χ3n) is 3.73. The van der Waals surface area contributed by atoms with E-state index in [1.807, 2.05) is 12.1 Å². The molecule has 1 N–H and O–H groups in total. The van der Waals surface area contributed by atoms with Crippen molar-refractivity contribution in [3.63, 3.8) is 0 Å². The van der Waals surface area contributed by atoms with Gasteiger partial charge in [-0.05, 0) is 31.0 Å². The quantitative estimate of drug-likeness (QED) is 0.781. The Hall–Kier alpha value is -2.31. The summed E-state index contributed by atoms with van der Waals surface area (Å²) >= 11 is 0. The molecule has 2 bridgehead atoms. The number of aromatic nitrogens is 5. The maximum absolute atomic E-state index is 13.0. The first-order valence-electron chi connectivity index (χ1n) is 6.39. The molecule has 0 unspecified atom stereocenters. The van der Waals surface area contributed by atoms with Gasteiger partial charge < -0.3 is 4.98 Å². The highest BCUT2D eigenvalue weighted by Gasteiger charge is 2.25.